The van der Waals surface area contributed by atoms with Crippen LogP contribution in [0.5, 0.6) is 5.75 Å². The average Bonchev–Trinajstić information content (AvgIpc) is 3.03. The average molecular weight is 433 g/mol. The molecule has 0 saturated carbocycles. The minimum absolute atomic E-state index is 0.0703. The largest absolute Gasteiger partial charge is 0.494 e. The van der Waals surface area contributed by atoms with Gasteiger partial charge < -0.3 is 9.30 Å². The van der Waals surface area contributed by atoms with E-state index in [2.05, 4.69) is 4.99 Å². The highest BCUT2D eigenvalue weighted by molar-refractivity contribution is 7.90. The summed E-state index contributed by atoms with van der Waals surface area (Å²) in [6, 6.07) is 14.7. The van der Waals surface area contributed by atoms with Crippen molar-refractivity contribution in [2.75, 3.05) is 12.4 Å². The first-order valence-corrected chi connectivity index (χ1v) is 12.1. The van der Waals surface area contributed by atoms with E-state index >= 15 is 0 Å². The number of carbonyl (C=O) groups excluding carboxylic acids is 1. The Morgan fingerprint density at radius 2 is 1.90 bits per heavy atom. The zero-order valence-corrected chi connectivity index (χ0v) is 18.1. The van der Waals surface area contributed by atoms with Gasteiger partial charge in [0.2, 0.25) is 5.91 Å². The number of sulfone groups is 1. The predicted molar refractivity (Wildman–Crippen MR) is 116 cm³/mol. The van der Waals surface area contributed by atoms with Gasteiger partial charge in [0.15, 0.2) is 14.6 Å². The molecule has 8 heteroatoms. The third-order valence-electron chi connectivity index (χ3n) is 4.36. The van der Waals surface area contributed by atoms with Crippen LogP contribution in [0.1, 0.15) is 25.8 Å². The van der Waals surface area contributed by atoms with Gasteiger partial charge in [-0.1, -0.05) is 41.7 Å². The van der Waals surface area contributed by atoms with Crippen molar-refractivity contribution in [1.29, 1.82) is 0 Å². The van der Waals surface area contributed by atoms with E-state index in [9.17, 15) is 13.2 Å². The number of carbonyl (C=O) groups is 1. The minimum atomic E-state index is -3.38. The van der Waals surface area contributed by atoms with Gasteiger partial charge in [-0.3, -0.25) is 4.79 Å². The lowest BCUT2D eigenvalue weighted by atomic mass is 10.2. The van der Waals surface area contributed by atoms with Crippen LogP contribution in [0.15, 0.2) is 53.5 Å². The Kier molecular flexibility index (Phi) is 6.87. The molecule has 1 aromatic heterocycles. The molecule has 0 atom stereocenters. The molecule has 29 heavy (non-hydrogen) atoms. The summed E-state index contributed by atoms with van der Waals surface area (Å²) in [6.45, 7) is 5.15. The van der Waals surface area contributed by atoms with Crippen LogP contribution in [0.4, 0.5) is 0 Å². The standard InChI is InChI=1S/C21H24N2O4S2/c1-3-23-18-11-10-17(27-4-2)14-19(18)28-21(23)22-20(24)12-13-29(25,26)15-16-8-6-5-7-9-16/h5-11,14H,3-4,12-13,15H2,1-2H3. The van der Waals surface area contributed by atoms with Crippen LogP contribution in [0.25, 0.3) is 10.2 Å². The van der Waals surface area contributed by atoms with E-state index in [1.165, 1.54) is 11.3 Å². The number of nitrogens with zero attached hydrogens (tertiary/aromatic N) is 2. The quantitative estimate of drug-likeness (QED) is 0.545. The van der Waals surface area contributed by atoms with E-state index in [0.717, 1.165) is 21.5 Å². The normalized spacial score (nSPS) is 12.4. The number of thiazole rings is 1. The number of fused-ring (bicyclic) bond motifs is 1. The molecule has 0 aliphatic heterocycles. The second kappa shape index (κ2) is 9.37. The molecule has 1 amide bonds. The summed E-state index contributed by atoms with van der Waals surface area (Å²) in [5.74, 6) is 0.0596. The van der Waals surface area contributed by atoms with Crippen molar-refractivity contribution in [2.45, 2.75) is 32.6 Å². The van der Waals surface area contributed by atoms with Crippen LogP contribution in [-0.4, -0.2) is 31.3 Å². The molecular weight excluding hydrogens is 408 g/mol. The number of rotatable bonds is 8. The lowest BCUT2D eigenvalue weighted by molar-refractivity contribution is -0.117. The highest BCUT2D eigenvalue weighted by atomic mass is 32.2. The van der Waals surface area contributed by atoms with Crippen LogP contribution in [0.3, 0.4) is 0 Å². The van der Waals surface area contributed by atoms with E-state index in [1.54, 1.807) is 24.3 Å². The monoisotopic (exact) mass is 432 g/mol. The van der Waals surface area contributed by atoms with E-state index in [4.69, 9.17) is 4.74 Å². The van der Waals surface area contributed by atoms with Crippen molar-refractivity contribution in [3.8, 4) is 5.75 Å². The third-order valence-corrected chi connectivity index (χ3v) is 7.00. The Hall–Kier alpha value is -2.45. The second-order valence-electron chi connectivity index (χ2n) is 6.52. The van der Waals surface area contributed by atoms with Crippen LogP contribution in [0.2, 0.25) is 0 Å². The third kappa shape index (κ3) is 5.55. The van der Waals surface area contributed by atoms with Crippen molar-refractivity contribution in [3.05, 3.63) is 58.9 Å². The summed E-state index contributed by atoms with van der Waals surface area (Å²) < 4.78 is 33.1. The Morgan fingerprint density at radius 1 is 1.14 bits per heavy atom. The van der Waals surface area contributed by atoms with Gasteiger partial charge >= 0.3 is 0 Å². The first kappa shape index (κ1) is 21.3. The van der Waals surface area contributed by atoms with Crippen molar-refractivity contribution in [1.82, 2.24) is 4.57 Å². The lowest BCUT2D eigenvalue weighted by Crippen LogP contribution is -2.18. The molecule has 0 radical (unpaired) electrons. The zero-order valence-electron chi connectivity index (χ0n) is 16.5. The molecule has 0 fully saturated rings. The number of hydrogen-bond acceptors (Lipinski definition) is 5. The fourth-order valence-electron chi connectivity index (χ4n) is 3.01. The maximum absolute atomic E-state index is 12.4. The van der Waals surface area contributed by atoms with Crippen molar-refractivity contribution in [2.24, 2.45) is 4.99 Å². The summed E-state index contributed by atoms with van der Waals surface area (Å²) in [7, 11) is -3.38. The first-order chi connectivity index (χ1) is 13.9. The van der Waals surface area contributed by atoms with Crippen LogP contribution < -0.4 is 9.54 Å². The van der Waals surface area contributed by atoms with Crippen LogP contribution in [0, 0.1) is 0 Å². The predicted octanol–water partition coefficient (Wildman–Crippen LogP) is 3.55. The molecule has 3 aromatic rings. The van der Waals surface area contributed by atoms with Crippen molar-refractivity contribution >= 4 is 37.3 Å². The molecular formula is C21H24N2O4S2. The molecule has 0 unspecified atom stereocenters. The smallest absolute Gasteiger partial charge is 0.249 e. The molecule has 1 heterocycles. The van der Waals surface area contributed by atoms with E-state index in [1.807, 2.05) is 42.7 Å². The molecule has 0 N–H and O–H groups in total. The van der Waals surface area contributed by atoms with Crippen molar-refractivity contribution < 1.29 is 17.9 Å². The Labute approximate surface area is 174 Å². The van der Waals surface area contributed by atoms with Gasteiger partial charge in [0, 0.05) is 13.0 Å². The van der Waals surface area contributed by atoms with E-state index in [-0.39, 0.29) is 17.9 Å². The Morgan fingerprint density at radius 3 is 2.59 bits per heavy atom. The maximum Gasteiger partial charge on any atom is 0.249 e. The molecule has 0 spiro atoms. The second-order valence-corrected chi connectivity index (χ2v) is 9.72. The summed E-state index contributed by atoms with van der Waals surface area (Å²) in [4.78, 5) is 17.1. The zero-order chi connectivity index (χ0) is 20.9. The number of aryl methyl sites for hydroxylation is 1. The number of hydrogen-bond donors (Lipinski definition) is 0. The minimum Gasteiger partial charge on any atom is -0.494 e. The summed E-state index contributed by atoms with van der Waals surface area (Å²) in [5, 5.41) is 0. The molecule has 3 rings (SSSR count). The highest BCUT2D eigenvalue weighted by Crippen LogP contribution is 2.23. The van der Waals surface area contributed by atoms with Gasteiger partial charge in [-0.25, -0.2) is 8.42 Å². The van der Waals surface area contributed by atoms with Crippen molar-refractivity contribution in [3.63, 3.8) is 0 Å². The van der Waals surface area contributed by atoms with E-state index in [0.29, 0.717) is 18.0 Å². The van der Waals surface area contributed by atoms with Gasteiger partial charge in [0.1, 0.15) is 5.75 Å². The number of amides is 1. The molecule has 0 bridgehead atoms. The van der Waals surface area contributed by atoms with Crippen LogP contribution in [-0.2, 0) is 26.9 Å². The topological polar surface area (TPSA) is 77.7 Å². The summed E-state index contributed by atoms with van der Waals surface area (Å²) in [5.41, 5.74) is 1.69. The highest BCUT2D eigenvalue weighted by Gasteiger charge is 2.15. The fraction of sp³-hybridized carbons (Fsp3) is 0.333. The maximum atomic E-state index is 12.4. The molecule has 0 aliphatic carbocycles. The van der Waals surface area contributed by atoms with Gasteiger partial charge in [-0.2, -0.15) is 4.99 Å². The molecule has 0 aliphatic rings. The first-order valence-electron chi connectivity index (χ1n) is 9.50. The molecule has 154 valence electrons. The van der Waals surface area contributed by atoms with E-state index < -0.39 is 15.7 Å². The van der Waals surface area contributed by atoms with Gasteiger partial charge in [0.25, 0.3) is 0 Å². The molecule has 6 nitrogen and oxygen atoms in total. The summed E-state index contributed by atoms with van der Waals surface area (Å²) in [6.07, 6.45) is -0.128. The van der Waals surface area contributed by atoms with Gasteiger partial charge in [0.05, 0.1) is 28.3 Å². The number of aromatic nitrogens is 1. The summed E-state index contributed by atoms with van der Waals surface area (Å²) >= 11 is 1.40. The Balaban J connectivity index is 1.76. The number of ether oxygens (including phenoxy) is 1. The fourth-order valence-corrected chi connectivity index (χ4v) is 5.48. The lowest BCUT2D eigenvalue weighted by Gasteiger charge is -2.04. The molecule has 2 aromatic carbocycles. The SMILES string of the molecule is CCOc1ccc2c(c1)sc(=NC(=O)CCS(=O)(=O)Cc1ccccc1)n2CC. The Bertz CT molecular complexity index is 1160. The van der Waals surface area contributed by atoms with Gasteiger partial charge in [-0.05, 0) is 37.6 Å². The number of benzene rings is 2. The van der Waals surface area contributed by atoms with Gasteiger partial charge in [-0.15, -0.1) is 0 Å². The molecule has 0 saturated heterocycles. The van der Waals surface area contributed by atoms with Crippen LogP contribution >= 0.6 is 11.3 Å².